The summed E-state index contributed by atoms with van der Waals surface area (Å²) in [7, 11) is 0. The van der Waals surface area contributed by atoms with E-state index in [1.165, 1.54) is 0 Å². The molecule has 0 fully saturated rings. The molecule has 0 aliphatic carbocycles. The minimum absolute atomic E-state index is 0.00393. The van der Waals surface area contributed by atoms with Gasteiger partial charge < -0.3 is 4.74 Å². The maximum Gasteiger partial charge on any atom is 0.185 e. The number of carbonyl (C=O) groups is 1. The number of hydrogen-bond acceptors (Lipinski definition) is 3. The molecular weight excluding hydrogens is 244 g/mol. The highest BCUT2D eigenvalue weighted by Crippen LogP contribution is 2.14. The molecule has 18 heavy (non-hydrogen) atoms. The van der Waals surface area contributed by atoms with Gasteiger partial charge in [0, 0.05) is 5.56 Å². The van der Waals surface area contributed by atoms with Crippen LogP contribution >= 0.6 is 11.3 Å². The van der Waals surface area contributed by atoms with Gasteiger partial charge in [0.2, 0.25) is 0 Å². The van der Waals surface area contributed by atoms with Crippen LogP contribution in [0, 0.1) is 0 Å². The van der Waals surface area contributed by atoms with Crippen molar-refractivity contribution in [3.63, 3.8) is 0 Å². The van der Waals surface area contributed by atoms with Gasteiger partial charge in [0.1, 0.15) is 5.75 Å². The van der Waals surface area contributed by atoms with Crippen molar-refractivity contribution in [2.24, 2.45) is 0 Å². The molecule has 0 atom stereocenters. The number of benzene rings is 1. The van der Waals surface area contributed by atoms with Crippen LogP contribution in [0.15, 0.2) is 47.2 Å². The molecule has 0 saturated heterocycles. The molecule has 1 heterocycles. The Morgan fingerprint density at radius 2 is 2.06 bits per heavy atom. The van der Waals surface area contributed by atoms with E-state index in [2.05, 4.69) is 0 Å². The van der Waals surface area contributed by atoms with Crippen LogP contribution in [-0.2, 0) is 0 Å². The Labute approximate surface area is 111 Å². The van der Waals surface area contributed by atoms with Crippen LogP contribution in [0.1, 0.15) is 22.8 Å². The van der Waals surface area contributed by atoms with Crippen molar-refractivity contribution < 1.29 is 9.53 Å². The van der Waals surface area contributed by atoms with Gasteiger partial charge in [-0.2, -0.15) is 11.3 Å². The molecule has 0 aliphatic heterocycles. The third kappa shape index (κ3) is 3.31. The van der Waals surface area contributed by atoms with Crippen molar-refractivity contribution in [2.45, 2.75) is 6.92 Å². The molecule has 0 unspecified atom stereocenters. The molecule has 0 saturated carbocycles. The first-order valence-electron chi connectivity index (χ1n) is 5.77. The molecule has 2 aromatic rings. The molecular formula is C15H14O2S. The molecule has 1 aromatic heterocycles. The van der Waals surface area contributed by atoms with Crippen molar-refractivity contribution in [1.82, 2.24) is 0 Å². The summed E-state index contributed by atoms with van der Waals surface area (Å²) in [6.07, 6.45) is 3.42. The molecule has 2 nitrogen and oxygen atoms in total. The molecule has 1 aromatic carbocycles. The first-order valence-corrected chi connectivity index (χ1v) is 6.71. The third-order valence-electron chi connectivity index (χ3n) is 2.42. The fraction of sp³-hybridized carbons (Fsp3) is 0.133. The van der Waals surface area contributed by atoms with Crippen molar-refractivity contribution >= 4 is 23.2 Å². The summed E-state index contributed by atoms with van der Waals surface area (Å²) in [6, 6.07) is 9.17. The summed E-state index contributed by atoms with van der Waals surface area (Å²) in [6.45, 7) is 2.56. The number of hydrogen-bond donors (Lipinski definition) is 0. The Morgan fingerprint density at radius 1 is 1.28 bits per heavy atom. The van der Waals surface area contributed by atoms with Gasteiger partial charge in [0.05, 0.1) is 6.61 Å². The highest BCUT2D eigenvalue weighted by molar-refractivity contribution is 7.08. The van der Waals surface area contributed by atoms with Crippen molar-refractivity contribution in [2.75, 3.05) is 6.61 Å². The Bertz CT molecular complexity index is 524. The second kappa shape index (κ2) is 6.17. The summed E-state index contributed by atoms with van der Waals surface area (Å²) in [5.41, 5.74) is 1.73. The second-order valence-corrected chi connectivity index (χ2v) is 4.49. The van der Waals surface area contributed by atoms with Crippen molar-refractivity contribution in [1.29, 1.82) is 0 Å². The zero-order valence-corrected chi connectivity index (χ0v) is 10.9. The number of carbonyl (C=O) groups excluding carboxylic acids is 1. The smallest absolute Gasteiger partial charge is 0.185 e. The average Bonchev–Trinajstić information content (AvgIpc) is 2.90. The van der Waals surface area contributed by atoms with Gasteiger partial charge in [-0.05, 0) is 59.7 Å². The zero-order valence-electron chi connectivity index (χ0n) is 10.1. The van der Waals surface area contributed by atoms with E-state index >= 15 is 0 Å². The molecule has 0 radical (unpaired) electrons. The SMILES string of the molecule is CCOc1ccc(C(=O)C=Cc2ccsc2)cc1. The summed E-state index contributed by atoms with van der Waals surface area (Å²) in [4.78, 5) is 11.9. The maximum absolute atomic E-state index is 11.9. The van der Waals surface area contributed by atoms with Crippen LogP contribution in [-0.4, -0.2) is 12.4 Å². The van der Waals surface area contributed by atoms with Gasteiger partial charge in [-0.1, -0.05) is 6.08 Å². The summed E-state index contributed by atoms with van der Waals surface area (Å²) < 4.78 is 5.33. The Hall–Kier alpha value is -1.87. The highest BCUT2D eigenvalue weighted by atomic mass is 32.1. The first kappa shape index (κ1) is 12.6. The molecule has 0 amide bonds. The van der Waals surface area contributed by atoms with Gasteiger partial charge in [-0.15, -0.1) is 0 Å². The third-order valence-corrected chi connectivity index (χ3v) is 3.12. The van der Waals surface area contributed by atoms with Crippen LogP contribution in [0.2, 0.25) is 0 Å². The van der Waals surface area contributed by atoms with Gasteiger partial charge in [0.25, 0.3) is 0 Å². The van der Waals surface area contributed by atoms with E-state index in [1.807, 2.05) is 42.0 Å². The van der Waals surface area contributed by atoms with E-state index in [4.69, 9.17) is 4.74 Å². The number of allylic oxidation sites excluding steroid dienone is 1. The summed E-state index contributed by atoms with van der Waals surface area (Å²) in [5.74, 6) is 0.792. The van der Waals surface area contributed by atoms with E-state index in [9.17, 15) is 4.79 Å². The monoisotopic (exact) mass is 258 g/mol. The van der Waals surface area contributed by atoms with Crippen LogP contribution in [0.25, 0.3) is 6.08 Å². The summed E-state index contributed by atoms with van der Waals surface area (Å²) >= 11 is 1.62. The first-order chi connectivity index (χ1) is 8.79. The van der Waals surface area contributed by atoms with Crippen LogP contribution < -0.4 is 4.74 Å². The fourth-order valence-electron chi connectivity index (χ4n) is 1.52. The van der Waals surface area contributed by atoms with Crippen LogP contribution in [0.3, 0.4) is 0 Å². The normalized spacial score (nSPS) is 10.7. The van der Waals surface area contributed by atoms with E-state index in [0.717, 1.165) is 11.3 Å². The van der Waals surface area contributed by atoms with Crippen LogP contribution in [0.5, 0.6) is 5.75 Å². The Kier molecular flexibility index (Phi) is 4.31. The fourth-order valence-corrected chi connectivity index (χ4v) is 2.15. The highest BCUT2D eigenvalue weighted by Gasteiger charge is 2.01. The number of ether oxygens (including phenoxy) is 1. The lowest BCUT2D eigenvalue weighted by Crippen LogP contribution is -1.95. The van der Waals surface area contributed by atoms with Crippen molar-refractivity contribution in [3.05, 3.63) is 58.3 Å². The van der Waals surface area contributed by atoms with E-state index in [-0.39, 0.29) is 5.78 Å². The molecule has 0 bridgehead atoms. The Morgan fingerprint density at radius 3 is 2.67 bits per heavy atom. The number of rotatable bonds is 5. The minimum atomic E-state index is 0.00393. The lowest BCUT2D eigenvalue weighted by Gasteiger charge is -2.02. The van der Waals surface area contributed by atoms with E-state index in [0.29, 0.717) is 12.2 Å². The standard InChI is InChI=1S/C15H14O2S/c1-2-17-14-6-4-13(5-7-14)15(16)8-3-12-9-10-18-11-12/h3-11H,2H2,1H3. The number of ketones is 1. The lowest BCUT2D eigenvalue weighted by atomic mass is 10.1. The average molecular weight is 258 g/mol. The maximum atomic E-state index is 11.9. The zero-order chi connectivity index (χ0) is 12.8. The van der Waals surface area contributed by atoms with Gasteiger partial charge in [-0.3, -0.25) is 4.79 Å². The van der Waals surface area contributed by atoms with E-state index in [1.54, 1.807) is 29.5 Å². The predicted molar refractivity (Wildman–Crippen MR) is 75.3 cm³/mol. The minimum Gasteiger partial charge on any atom is -0.494 e. The Balaban J connectivity index is 2.04. The van der Waals surface area contributed by atoms with Gasteiger partial charge >= 0.3 is 0 Å². The molecule has 2 rings (SSSR count). The molecule has 0 spiro atoms. The molecule has 0 aliphatic rings. The lowest BCUT2D eigenvalue weighted by molar-refractivity contribution is 0.104. The molecule has 0 N–H and O–H groups in total. The van der Waals surface area contributed by atoms with Gasteiger partial charge in [-0.25, -0.2) is 0 Å². The van der Waals surface area contributed by atoms with E-state index < -0.39 is 0 Å². The largest absolute Gasteiger partial charge is 0.494 e. The quantitative estimate of drug-likeness (QED) is 0.597. The molecule has 3 heteroatoms. The summed E-state index contributed by atoms with van der Waals surface area (Å²) in [5, 5.41) is 3.99. The molecule has 92 valence electrons. The second-order valence-electron chi connectivity index (χ2n) is 3.71. The predicted octanol–water partition coefficient (Wildman–Crippen LogP) is 4.04. The van der Waals surface area contributed by atoms with Crippen molar-refractivity contribution in [3.8, 4) is 5.75 Å². The number of thiophene rings is 1. The van der Waals surface area contributed by atoms with Gasteiger partial charge in [0.15, 0.2) is 5.78 Å². The topological polar surface area (TPSA) is 26.3 Å². The van der Waals surface area contributed by atoms with Crippen LogP contribution in [0.4, 0.5) is 0 Å².